The minimum atomic E-state index is -0.342. The maximum Gasteiger partial charge on any atom is 0.312 e. The van der Waals surface area contributed by atoms with Crippen molar-refractivity contribution in [1.29, 1.82) is 0 Å². The van der Waals surface area contributed by atoms with Gasteiger partial charge in [-0.2, -0.15) is 0 Å². The van der Waals surface area contributed by atoms with Crippen molar-refractivity contribution in [3.8, 4) is 0 Å². The van der Waals surface area contributed by atoms with Gasteiger partial charge in [-0.1, -0.05) is 33.6 Å². The van der Waals surface area contributed by atoms with E-state index in [1.807, 2.05) is 0 Å². The zero-order valence-electron chi connectivity index (χ0n) is 13.5. The molecule has 0 unspecified atom stereocenters. The van der Waals surface area contributed by atoms with Crippen LogP contribution in [0, 0.1) is 11.3 Å². The predicted molar refractivity (Wildman–Crippen MR) is 79.6 cm³/mol. The Morgan fingerprint density at radius 3 is 2.71 bits per heavy atom. The second-order valence-corrected chi connectivity index (χ2v) is 6.97. The van der Waals surface area contributed by atoms with Crippen LogP contribution in [0.2, 0.25) is 0 Å². The third-order valence-corrected chi connectivity index (χ3v) is 4.46. The van der Waals surface area contributed by atoms with E-state index in [0.29, 0.717) is 12.8 Å². The van der Waals surface area contributed by atoms with Crippen molar-refractivity contribution in [2.24, 2.45) is 11.3 Å². The summed E-state index contributed by atoms with van der Waals surface area (Å²) in [5.74, 6) is 0.340. The highest BCUT2D eigenvalue weighted by molar-refractivity contribution is 5.98. The Morgan fingerprint density at radius 2 is 2.10 bits per heavy atom. The fourth-order valence-corrected chi connectivity index (χ4v) is 3.31. The number of Topliss-reactive ketones (excluding diaryl/α,β-unsaturated/α-hetero) is 1. The third kappa shape index (κ3) is 3.47. The van der Waals surface area contributed by atoms with E-state index in [-0.39, 0.29) is 29.2 Å². The minimum Gasteiger partial charge on any atom is -0.493 e. The molecule has 0 saturated carbocycles. The molecule has 0 N–H and O–H groups in total. The molecule has 0 radical (unpaired) electrons. The van der Waals surface area contributed by atoms with Gasteiger partial charge in [-0.25, -0.2) is 0 Å². The summed E-state index contributed by atoms with van der Waals surface area (Å²) in [6, 6.07) is 0. The molecule has 0 amide bonds. The number of hydrogen-bond acceptors (Lipinski definition) is 4. The number of rotatable bonds is 4. The summed E-state index contributed by atoms with van der Waals surface area (Å²) in [7, 11) is 1.40. The second kappa shape index (κ2) is 6.20. The zero-order chi connectivity index (χ0) is 15.6. The highest BCUT2D eigenvalue weighted by atomic mass is 16.5. The van der Waals surface area contributed by atoms with Crippen molar-refractivity contribution in [2.45, 2.75) is 65.4 Å². The van der Waals surface area contributed by atoms with Gasteiger partial charge in [0.25, 0.3) is 0 Å². The third-order valence-electron chi connectivity index (χ3n) is 4.46. The zero-order valence-corrected chi connectivity index (χ0v) is 13.5. The normalized spacial score (nSPS) is 27.9. The minimum absolute atomic E-state index is 0.0523. The number of unbranched alkanes of at least 4 members (excludes halogenated alkanes) is 1. The number of ether oxygens (including phenoxy) is 2. The molecule has 4 nitrogen and oxygen atoms in total. The van der Waals surface area contributed by atoms with Crippen LogP contribution in [0.25, 0.3) is 0 Å². The molecule has 0 aromatic heterocycles. The molecule has 0 bridgehead atoms. The van der Waals surface area contributed by atoms with Gasteiger partial charge >= 0.3 is 5.97 Å². The predicted octanol–water partition coefficient (Wildman–Crippen LogP) is 3.40. The molecule has 0 saturated heterocycles. The van der Waals surface area contributed by atoms with Crippen LogP contribution in [0.3, 0.4) is 0 Å². The van der Waals surface area contributed by atoms with Crippen molar-refractivity contribution >= 4 is 11.8 Å². The molecule has 0 aromatic rings. The number of methoxy groups -OCH3 is 1. The number of carbonyl (C=O) groups is 2. The van der Waals surface area contributed by atoms with Crippen LogP contribution >= 0.6 is 0 Å². The van der Waals surface area contributed by atoms with E-state index in [1.165, 1.54) is 7.11 Å². The molecule has 2 aliphatic rings. The molecule has 0 spiro atoms. The van der Waals surface area contributed by atoms with Crippen molar-refractivity contribution in [2.75, 3.05) is 7.11 Å². The molecule has 21 heavy (non-hydrogen) atoms. The average molecular weight is 294 g/mol. The maximum absolute atomic E-state index is 12.3. The smallest absolute Gasteiger partial charge is 0.312 e. The lowest BCUT2D eigenvalue weighted by molar-refractivity contribution is -0.152. The lowest BCUT2D eigenvalue weighted by Gasteiger charge is -2.39. The summed E-state index contributed by atoms with van der Waals surface area (Å²) in [4.78, 5) is 24.3. The van der Waals surface area contributed by atoms with Crippen molar-refractivity contribution in [3.05, 3.63) is 11.3 Å². The largest absolute Gasteiger partial charge is 0.493 e. The Kier molecular flexibility index (Phi) is 4.74. The molecule has 0 fully saturated rings. The van der Waals surface area contributed by atoms with E-state index in [9.17, 15) is 9.59 Å². The highest BCUT2D eigenvalue weighted by Crippen LogP contribution is 2.44. The molecule has 1 heterocycles. The van der Waals surface area contributed by atoms with E-state index in [1.54, 1.807) is 0 Å². The first-order valence-electron chi connectivity index (χ1n) is 7.87. The Labute approximate surface area is 126 Å². The van der Waals surface area contributed by atoms with Crippen LogP contribution in [0.15, 0.2) is 11.3 Å². The summed E-state index contributed by atoms with van der Waals surface area (Å²) in [6.45, 7) is 6.30. The molecule has 1 aliphatic carbocycles. The fourth-order valence-electron chi connectivity index (χ4n) is 3.31. The van der Waals surface area contributed by atoms with Crippen LogP contribution in [-0.2, 0) is 19.1 Å². The van der Waals surface area contributed by atoms with Gasteiger partial charge in [0.1, 0.15) is 11.9 Å². The van der Waals surface area contributed by atoms with Gasteiger partial charge in [-0.05, 0) is 18.3 Å². The molecule has 0 aromatic carbocycles. The van der Waals surface area contributed by atoms with Crippen LogP contribution < -0.4 is 0 Å². The molecular formula is C17H26O4. The topological polar surface area (TPSA) is 52.6 Å². The van der Waals surface area contributed by atoms with Crippen molar-refractivity contribution < 1.29 is 19.1 Å². The second-order valence-electron chi connectivity index (χ2n) is 6.97. The summed E-state index contributed by atoms with van der Waals surface area (Å²) < 4.78 is 11.0. The lowest BCUT2D eigenvalue weighted by atomic mass is 9.73. The quantitative estimate of drug-likeness (QED) is 0.746. The SMILES string of the molecule is CCCC[C@H]1OC2=C(C[C@@H]1C(=O)OC)C(=O)CC(C)(C)C2. The molecule has 2 atom stereocenters. The molecule has 118 valence electrons. The lowest BCUT2D eigenvalue weighted by Crippen LogP contribution is -2.40. The van der Waals surface area contributed by atoms with Gasteiger partial charge in [0.05, 0.1) is 13.0 Å². The number of esters is 1. The van der Waals surface area contributed by atoms with Crippen molar-refractivity contribution in [3.63, 3.8) is 0 Å². The Hall–Kier alpha value is -1.32. The number of hydrogen-bond donors (Lipinski definition) is 0. The van der Waals surface area contributed by atoms with Gasteiger partial charge < -0.3 is 9.47 Å². The van der Waals surface area contributed by atoms with Gasteiger partial charge in [0, 0.05) is 18.4 Å². The van der Waals surface area contributed by atoms with Crippen LogP contribution in [-0.4, -0.2) is 25.0 Å². The molecule has 2 rings (SSSR count). The number of ketones is 1. The van der Waals surface area contributed by atoms with E-state index < -0.39 is 0 Å². The van der Waals surface area contributed by atoms with Crippen LogP contribution in [0.4, 0.5) is 0 Å². The van der Waals surface area contributed by atoms with Crippen LogP contribution in [0.1, 0.15) is 59.3 Å². The first kappa shape index (κ1) is 16.1. The summed E-state index contributed by atoms with van der Waals surface area (Å²) in [5.41, 5.74) is 0.668. The van der Waals surface area contributed by atoms with Crippen LogP contribution in [0.5, 0.6) is 0 Å². The van der Waals surface area contributed by atoms with Gasteiger partial charge in [0.2, 0.25) is 0 Å². The van der Waals surface area contributed by atoms with Crippen molar-refractivity contribution in [1.82, 2.24) is 0 Å². The monoisotopic (exact) mass is 294 g/mol. The van der Waals surface area contributed by atoms with E-state index in [0.717, 1.165) is 37.0 Å². The Morgan fingerprint density at radius 1 is 1.38 bits per heavy atom. The molecule has 1 aliphatic heterocycles. The van der Waals surface area contributed by atoms with Gasteiger partial charge in [-0.15, -0.1) is 0 Å². The summed E-state index contributed by atoms with van der Waals surface area (Å²) >= 11 is 0. The Balaban J connectivity index is 2.25. The highest BCUT2D eigenvalue weighted by Gasteiger charge is 2.43. The van der Waals surface area contributed by atoms with E-state index >= 15 is 0 Å². The summed E-state index contributed by atoms with van der Waals surface area (Å²) in [5, 5.41) is 0. The Bertz CT molecular complexity index is 461. The van der Waals surface area contributed by atoms with E-state index in [4.69, 9.17) is 9.47 Å². The fraction of sp³-hybridized carbons (Fsp3) is 0.765. The molecule has 4 heteroatoms. The first-order valence-corrected chi connectivity index (χ1v) is 7.87. The molecular weight excluding hydrogens is 268 g/mol. The average Bonchev–Trinajstić information content (AvgIpc) is 2.42. The standard InChI is InChI=1S/C17H26O4/c1-5-6-7-14-12(16(19)20-4)8-11-13(18)9-17(2,3)10-15(11)21-14/h12,14H,5-10H2,1-4H3/t12-,14+/m0/s1. The van der Waals surface area contributed by atoms with Gasteiger partial charge in [0.15, 0.2) is 5.78 Å². The first-order chi connectivity index (χ1) is 9.88. The van der Waals surface area contributed by atoms with Gasteiger partial charge in [-0.3, -0.25) is 9.59 Å². The number of allylic oxidation sites excluding steroid dienone is 2. The number of carbonyl (C=O) groups excluding carboxylic acids is 2. The van der Waals surface area contributed by atoms with E-state index in [2.05, 4.69) is 20.8 Å². The summed E-state index contributed by atoms with van der Waals surface area (Å²) in [6.07, 6.45) is 4.54. The maximum atomic E-state index is 12.3.